The molecule has 3 aromatic rings. The van der Waals surface area contributed by atoms with Gasteiger partial charge in [-0.3, -0.25) is 4.79 Å². The number of benzene rings is 2. The van der Waals surface area contributed by atoms with Crippen LogP contribution in [0.15, 0.2) is 79.0 Å². The molecule has 0 radical (unpaired) electrons. The smallest absolute Gasteiger partial charge is 0.298 e. The summed E-state index contributed by atoms with van der Waals surface area (Å²) in [6.45, 7) is 3.19. The van der Waals surface area contributed by atoms with Crippen molar-refractivity contribution in [2.75, 3.05) is 39.2 Å². The van der Waals surface area contributed by atoms with Gasteiger partial charge in [-0.1, -0.05) is 36.4 Å². The molecule has 0 aliphatic carbocycles. The van der Waals surface area contributed by atoms with Gasteiger partial charge in [-0.2, -0.15) is 0 Å². The minimum atomic E-state index is 0.412. The summed E-state index contributed by atoms with van der Waals surface area (Å²) in [7, 11) is 5.86. The van der Waals surface area contributed by atoms with Crippen LogP contribution in [0.2, 0.25) is 0 Å². The van der Waals surface area contributed by atoms with Gasteiger partial charge in [0, 0.05) is 25.8 Å². The van der Waals surface area contributed by atoms with Crippen LogP contribution in [0, 0.1) is 0 Å². The Labute approximate surface area is 178 Å². The van der Waals surface area contributed by atoms with Crippen molar-refractivity contribution < 1.29 is 14.3 Å². The Kier molecular flexibility index (Phi) is 9.89. The largest absolute Gasteiger partial charge is 0.497 e. The summed E-state index contributed by atoms with van der Waals surface area (Å²) in [4.78, 5) is 18.7. The minimum absolute atomic E-state index is 0.412. The predicted octanol–water partition coefficient (Wildman–Crippen LogP) is 3.88. The van der Waals surface area contributed by atoms with Crippen LogP contribution in [-0.4, -0.2) is 50.7 Å². The number of carbonyl (C=O) groups is 1. The van der Waals surface area contributed by atoms with Crippen molar-refractivity contribution >= 4 is 12.3 Å². The number of nitrogens with zero attached hydrogens (tertiary/aromatic N) is 3. The second-order valence-electron chi connectivity index (χ2n) is 6.79. The third-order valence-electron chi connectivity index (χ3n) is 4.25. The molecule has 158 valence electrons. The first-order valence-electron chi connectivity index (χ1n) is 9.71. The molecule has 0 fully saturated rings. The molecule has 2 aromatic carbocycles. The van der Waals surface area contributed by atoms with Crippen LogP contribution in [0.5, 0.6) is 11.5 Å². The lowest BCUT2D eigenvalue weighted by Gasteiger charge is -2.25. The number of rotatable bonds is 9. The zero-order valence-electron chi connectivity index (χ0n) is 17.8. The molecule has 0 atom stereocenters. The summed E-state index contributed by atoms with van der Waals surface area (Å²) in [5.74, 6) is 2.47. The normalized spacial score (nSPS) is 10.0. The average molecular weight is 408 g/mol. The number of para-hydroxylation sites is 1. The van der Waals surface area contributed by atoms with Gasteiger partial charge < -0.3 is 19.3 Å². The highest BCUT2D eigenvalue weighted by atomic mass is 16.5. The highest BCUT2D eigenvalue weighted by molar-refractivity contribution is 5.44. The molecular formula is C24H29N3O3. The lowest BCUT2D eigenvalue weighted by molar-refractivity contribution is -0.120. The van der Waals surface area contributed by atoms with Gasteiger partial charge in [-0.25, -0.2) is 4.98 Å². The highest BCUT2D eigenvalue weighted by Gasteiger charge is 2.09. The monoisotopic (exact) mass is 407 g/mol. The molecule has 0 aliphatic rings. The number of carbonyl (C=O) groups excluding carboxylic acids is 1. The molecule has 30 heavy (non-hydrogen) atoms. The van der Waals surface area contributed by atoms with E-state index in [1.54, 1.807) is 31.4 Å². The van der Waals surface area contributed by atoms with Crippen LogP contribution in [0.3, 0.4) is 0 Å². The zero-order chi connectivity index (χ0) is 21.6. The molecule has 1 aromatic heterocycles. The van der Waals surface area contributed by atoms with E-state index in [1.165, 1.54) is 5.56 Å². The summed E-state index contributed by atoms with van der Waals surface area (Å²) >= 11 is 0. The van der Waals surface area contributed by atoms with Crippen LogP contribution in [0.1, 0.15) is 5.56 Å². The van der Waals surface area contributed by atoms with Gasteiger partial charge in [0.2, 0.25) is 0 Å². The van der Waals surface area contributed by atoms with E-state index in [2.05, 4.69) is 51.8 Å². The average Bonchev–Trinajstić information content (AvgIpc) is 2.79. The fraction of sp³-hybridized carbons (Fsp3) is 0.250. The van der Waals surface area contributed by atoms with Crippen molar-refractivity contribution in [3.63, 3.8) is 0 Å². The Morgan fingerprint density at radius 1 is 0.867 bits per heavy atom. The molecule has 0 amide bonds. The fourth-order valence-electron chi connectivity index (χ4n) is 2.64. The number of likely N-dealkylation sites (N-methyl/N-ethyl adjacent to an activating group) is 1. The standard InChI is InChI=1S/C17H23N3O.C7H6O2/c1-19(2)12-13-20(17-6-4-5-11-18-17)14-15-7-9-16(21-3)10-8-15;8-6-9-7-4-2-1-3-5-7/h4-11H,12-14H2,1-3H3;1-6H. The molecule has 3 rings (SSSR count). The molecule has 0 saturated heterocycles. The maximum absolute atomic E-state index is 9.75. The Morgan fingerprint density at radius 3 is 2.13 bits per heavy atom. The third kappa shape index (κ3) is 8.32. The lowest BCUT2D eigenvalue weighted by Crippen LogP contribution is -2.31. The van der Waals surface area contributed by atoms with E-state index in [0.717, 1.165) is 31.2 Å². The SMILES string of the molecule is COc1ccc(CN(CCN(C)C)c2ccccn2)cc1.O=COc1ccccc1. The molecule has 0 unspecified atom stereocenters. The van der Waals surface area contributed by atoms with Gasteiger partial charge in [0.05, 0.1) is 7.11 Å². The summed E-state index contributed by atoms with van der Waals surface area (Å²) in [5.41, 5.74) is 1.25. The Bertz CT molecular complexity index is 841. The first kappa shape index (κ1) is 22.9. The van der Waals surface area contributed by atoms with Crippen molar-refractivity contribution in [2.45, 2.75) is 6.54 Å². The van der Waals surface area contributed by atoms with Crippen LogP contribution >= 0.6 is 0 Å². The molecule has 1 heterocycles. The molecule has 0 saturated carbocycles. The van der Waals surface area contributed by atoms with Crippen LogP contribution in [0.25, 0.3) is 0 Å². The van der Waals surface area contributed by atoms with E-state index in [0.29, 0.717) is 12.2 Å². The van der Waals surface area contributed by atoms with Crippen molar-refractivity contribution in [3.05, 3.63) is 84.6 Å². The molecule has 0 spiro atoms. The maximum Gasteiger partial charge on any atom is 0.298 e. The lowest BCUT2D eigenvalue weighted by atomic mass is 10.2. The van der Waals surface area contributed by atoms with Crippen molar-refractivity contribution in [3.8, 4) is 11.5 Å². The summed E-state index contributed by atoms with van der Waals surface area (Å²) in [5, 5.41) is 0. The molecule has 0 bridgehead atoms. The van der Waals surface area contributed by atoms with Crippen LogP contribution in [-0.2, 0) is 11.3 Å². The Hall–Kier alpha value is -3.38. The number of hydrogen-bond donors (Lipinski definition) is 0. The second-order valence-corrected chi connectivity index (χ2v) is 6.79. The first-order valence-corrected chi connectivity index (χ1v) is 9.71. The molecule has 6 heteroatoms. The summed E-state index contributed by atoms with van der Waals surface area (Å²) in [6, 6.07) is 23.1. The Balaban J connectivity index is 0.000000297. The van der Waals surface area contributed by atoms with E-state index < -0.39 is 0 Å². The van der Waals surface area contributed by atoms with E-state index >= 15 is 0 Å². The van der Waals surface area contributed by atoms with Crippen LogP contribution < -0.4 is 14.4 Å². The number of methoxy groups -OCH3 is 1. The van der Waals surface area contributed by atoms with E-state index in [9.17, 15) is 4.79 Å². The van der Waals surface area contributed by atoms with E-state index in [4.69, 9.17) is 4.74 Å². The Morgan fingerprint density at radius 2 is 1.57 bits per heavy atom. The van der Waals surface area contributed by atoms with Gasteiger partial charge in [0.1, 0.15) is 17.3 Å². The summed E-state index contributed by atoms with van der Waals surface area (Å²) < 4.78 is 9.73. The van der Waals surface area contributed by atoms with Gasteiger partial charge in [-0.05, 0) is 56.1 Å². The highest BCUT2D eigenvalue weighted by Crippen LogP contribution is 2.16. The predicted molar refractivity (Wildman–Crippen MR) is 120 cm³/mol. The van der Waals surface area contributed by atoms with E-state index in [1.807, 2.05) is 36.5 Å². The zero-order valence-corrected chi connectivity index (χ0v) is 17.8. The third-order valence-corrected chi connectivity index (χ3v) is 4.25. The number of aromatic nitrogens is 1. The van der Waals surface area contributed by atoms with Gasteiger partial charge in [0.25, 0.3) is 6.47 Å². The quantitative estimate of drug-likeness (QED) is 0.502. The molecule has 0 aliphatic heterocycles. The maximum atomic E-state index is 9.75. The molecular weight excluding hydrogens is 378 g/mol. The van der Waals surface area contributed by atoms with Gasteiger partial charge in [-0.15, -0.1) is 0 Å². The number of anilines is 1. The van der Waals surface area contributed by atoms with E-state index in [-0.39, 0.29) is 0 Å². The van der Waals surface area contributed by atoms with Crippen molar-refractivity contribution in [1.82, 2.24) is 9.88 Å². The van der Waals surface area contributed by atoms with Gasteiger partial charge in [0.15, 0.2) is 0 Å². The number of ether oxygens (including phenoxy) is 2. The van der Waals surface area contributed by atoms with Crippen molar-refractivity contribution in [1.29, 1.82) is 0 Å². The minimum Gasteiger partial charge on any atom is -0.497 e. The topological polar surface area (TPSA) is 54.9 Å². The number of hydrogen-bond acceptors (Lipinski definition) is 6. The van der Waals surface area contributed by atoms with Crippen molar-refractivity contribution in [2.24, 2.45) is 0 Å². The van der Waals surface area contributed by atoms with Gasteiger partial charge >= 0.3 is 0 Å². The summed E-state index contributed by atoms with van der Waals surface area (Å²) in [6.07, 6.45) is 1.84. The molecule has 0 N–H and O–H groups in total. The molecule has 6 nitrogen and oxygen atoms in total. The second kappa shape index (κ2) is 13.0. The first-order chi connectivity index (χ1) is 14.6. The van der Waals surface area contributed by atoms with Crippen LogP contribution in [0.4, 0.5) is 5.82 Å². The fourth-order valence-corrected chi connectivity index (χ4v) is 2.64. The number of pyridine rings is 1.